The summed E-state index contributed by atoms with van der Waals surface area (Å²) in [6, 6.07) is 2.34. The lowest BCUT2D eigenvalue weighted by molar-refractivity contribution is 0.0310. The summed E-state index contributed by atoms with van der Waals surface area (Å²) >= 11 is 1.33. The summed E-state index contributed by atoms with van der Waals surface area (Å²) in [6.07, 6.45) is 0.528. The molecule has 0 aliphatic carbocycles. The lowest BCUT2D eigenvalue weighted by Crippen LogP contribution is -2.19. The summed E-state index contributed by atoms with van der Waals surface area (Å²) in [4.78, 5) is 19.6. The van der Waals surface area contributed by atoms with Gasteiger partial charge >= 0.3 is 6.16 Å². The molecule has 0 aliphatic rings. The first-order valence-corrected chi connectivity index (χ1v) is 5.38. The van der Waals surface area contributed by atoms with Crippen LogP contribution in [0.1, 0.15) is 5.01 Å². The molecule has 2 aromatic heterocycles. The van der Waals surface area contributed by atoms with Gasteiger partial charge in [-0.15, -0.1) is 16.1 Å². The zero-order valence-corrected chi connectivity index (χ0v) is 9.25. The van der Waals surface area contributed by atoms with Crippen molar-refractivity contribution in [2.24, 2.45) is 0 Å². The SMILES string of the molecule is O=C(OCc1nccs1)On1c(O)ccc1O. The molecule has 0 unspecified atom stereocenters. The van der Waals surface area contributed by atoms with E-state index in [2.05, 4.69) is 9.82 Å². The van der Waals surface area contributed by atoms with Crippen LogP contribution in [0.25, 0.3) is 0 Å². The molecule has 2 N–H and O–H groups in total. The molecule has 0 saturated heterocycles. The van der Waals surface area contributed by atoms with Crippen molar-refractivity contribution in [3.63, 3.8) is 0 Å². The van der Waals surface area contributed by atoms with Crippen LogP contribution in [0, 0.1) is 0 Å². The van der Waals surface area contributed by atoms with Crippen LogP contribution in [-0.2, 0) is 11.3 Å². The third-order valence-electron chi connectivity index (χ3n) is 1.76. The number of ether oxygens (including phenoxy) is 1. The Balaban J connectivity index is 1.89. The summed E-state index contributed by atoms with van der Waals surface area (Å²) in [7, 11) is 0. The second-order valence-corrected chi connectivity index (χ2v) is 3.88. The first kappa shape index (κ1) is 11.3. The maximum Gasteiger partial charge on any atom is 0.534 e. The van der Waals surface area contributed by atoms with Gasteiger partial charge in [-0.25, -0.2) is 9.78 Å². The molecule has 2 aromatic rings. The number of carbonyl (C=O) groups is 1. The fourth-order valence-electron chi connectivity index (χ4n) is 1.04. The van der Waals surface area contributed by atoms with Crippen molar-refractivity contribution in [1.29, 1.82) is 0 Å². The van der Waals surface area contributed by atoms with E-state index in [0.717, 1.165) is 0 Å². The lowest BCUT2D eigenvalue weighted by atomic mass is 10.6. The van der Waals surface area contributed by atoms with Crippen molar-refractivity contribution in [2.75, 3.05) is 0 Å². The van der Waals surface area contributed by atoms with E-state index in [0.29, 0.717) is 9.74 Å². The first-order valence-electron chi connectivity index (χ1n) is 4.50. The maximum atomic E-state index is 11.2. The molecule has 17 heavy (non-hydrogen) atoms. The Labute approximate surface area is 99.4 Å². The second kappa shape index (κ2) is 4.74. The molecular weight excluding hydrogens is 248 g/mol. The van der Waals surface area contributed by atoms with Crippen molar-refractivity contribution in [3.8, 4) is 11.8 Å². The molecule has 0 amide bonds. The van der Waals surface area contributed by atoms with Crippen LogP contribution in [0.5, 0.6) is 11.8 Å². The fraction of sp³-hybridized carbons (Fsp3) is 0.111. The van der Waals surface area contributed by atoms with Crippen LogP contribution in [-0.4, -0.2) is 26.1 Å². The minimum atomic E-state index is -1.05. The zero-order chi connectivity index (χ0) is 12.3. The van der Waals surface area contributed by atoms with Crippen LogP contribution in [0.15, 0.2) is 23.7 Å². The fourth-order valence-corrected chi connectivity index (χ4v) is 1.57. The Hall–Kier alpha value is -2.22. The van der Waals surface area contributed by atoms with Crippen LogP contribution < -0.4 is 4.84 Å². The van der Waals surface area contributed by atoms with Crippen LogP contribution in [0.4, 0.5) is 4.79 Å². The number of nitrogens with zero attached hydrogens (tertiary/aromatic N) is 2. The standard InChI is InChI=1S/C9H8N2O5S/c12-7-1-2-8(13)11(7)16-9(14)15-5-6-10-3-4-17-6/h1-4,12-13H,5H2. The highest BCUT2D eigenvalue weighted by Crippen LogP contribution is 2.18. The van der Waals surface area contributed by atoms with E-state index in [-0.39, 0.29) is 6.61 Å². The molecule has 8 heteroatoms. The van der Waals surface area contributed by atoms with Gasteiger partial charge < -0.3 is 14.9 Å². The average Bonchev–Trinajstić information content (AvgIpc) is 2.91. The van der Waals surface area contributed by atoms with Crippen molar-refractivity contribution >= 4 is 17.5 Å². The first-order chi connectivity index (χ1) is 8.16. The Kier molecular flexibility index (Phi) is 3.15. The number of rotatable bonds is 3. The molecule has 0 aliphatic heterocycles. The third-order valence-corrected chi connectivity index (χ3v) is 2.51. The van der Waals surface area contributed by atoms with Crippen LogP contribution in [0.2, 0.25) is 0 Å². The Morgan fingerprint density at radius 1 is 1.41 bits per heavy atom. The van der Waals surface area contributed by atoms with Crippen molar-refractivity contribution in [1.82, 2.24) is 9.71 Å². The van der Waals surface area contributed by atoms with Crippen LogP contribution >= 0.6 is 11.3 Å². The highest BCUT2D eigenvalue weighted by Gasteiger charge is 2.13. The number of aromatic nitrogens is 2. The number of hydrogen-bond donors (Lipinski definition) is 2. The predicted molar refractivity (Wildman–Crippen MR) is 56.6 cm³/mol. The van der Waals surface area contributed by atoms with E-state index in [1.54, 1.807) is 11.6 Å². The molecular formula is C9H8N2O5S. The van der Waals surface area contributed by atoms with E-state index in [1.807, 2.05) is 0 Å². The highest BCUT2D eigenvalue weighted by molar-refractivity contribution is 7.09. The topological polar surface area (TPSA) is 93.8 Å². The van der Waals surface area contributed by atoms with Crippen molar-refractivity contribution in [3.05, 3.63) is 28.7 Å². The second-order valence-electron chi connectivity index (χ2n) is 2.90. The molecule has 0 bridgehead atoms. The van der Waals surface area contributed by atoms with Gasteiger partial charge in [0.2, 0.25) is 11.8 Å². The summed E-state index contributed by atoms with van der Waals surface area (Å²) in [6.45, 7) is -0.0285. The largest absolute Gasteiger partial charge is 0.534 e. The van der Waals surface area contributed by atoms with Gasteiger partial charge in [0.05, 0.1) is 0 Å². The zero-order valence-electron chi connectivity index (χ0n) is 8.44. The predicted octanol–water partition coefficient (Wildman–Crippen LogP) is 1.12. The highest BCUT2D eigenvalue weighted by atomic mass is 32.1. The van der Waals surface area contributed by atoms with Gasteiger partial charge in [-0.05, 0) is 0 Å². The monoisotopic (exact) mass is 256 g/mol. The summed E-state index contributed by atoms with van der Waals surface area (Å²) < 4.78 is 5.26. The normalized spacial score (nSPS) is 10.1. The van der Waals surface area contributed by atoms with E-state index in [9.17, 15) is 15.0 Å². The van der Waals surface area contributed by atoms with E-state index < -0.39 is 17.9 Å². The van der Waals surface area contributed by atoms with Crippen molar-refractivity contribution in [2.45, 2.75) is 6.61 Å². The summed E-state index contributed by atoms with van der Waals surface area (Å²) in [5, 5.41) is 20.7. The third kappa shape index (κ3) is 2.67. The Morgan fingerprint density at radius 2 is 2.12 bits per heavy atom. The molecule has 2 rings (SSSR count). The molecule has 7 nitrogen and oxygen atoms in total. The van der Waals surface area contributed by atoms with Gasteiger partial charge in [0, 0.05) is 23.7 Å². The number of aromatic hydroxyl groups is 2. The van der Waals surface area contributed by atoms with Crippen LogP contribution in [0.3, 0.4) is 0 Å². The number of carbonyl (C=O) groups excluding carboxylic acids is 1. The van der Waals surface area contributed by atoms with Gasteiger partial charge in [-0.3, -0.25) is 4.84 Å². The minimum Gasteiger partial charge on any atom is -0.492 e. The summed E-state index contributed by atoms with van der Waals surface area (Å²) in [5.41, 5.74) is 0. The molecule has 0 fully saturated rings. The molecule has 0 saturated carbocycles. The molecule has 0 spiro atoms. The van der Waals surface area contributed by atoms with E-state index >= 15 is 0 Å². The minimum absolute atomic E-state index is 0.0285. The maximum absolute atomic E-state index is 11.2. The van der Waals surface area contributed by atoms with Gasteiger partial charge in [0.1, 0.15) is 11.6 Å². The molecule has 0 radical (unpaired) electrons. The van der Waals surface area contributed by atoms with E-state index in [1.165, 1.54) is 23.5 Å². The Morgan fingerprint density at radius 3 is 2.71 bits per heavy atom. The number of hydrogen-bond acceptors (Lipinski definition) is 7. The Bertz CT molecular complexity index is 488. The molecule has 2 heterocycles. The number of thiazole rings is 1. The smallest absolute Gasteiger partial charge is 0.492 e. The lowest BCUT2D eigenvalue weighted by Gasteiger charge is -2.06. The average molecular weight is 256 g/mol. The molecule has 90 valence electrons. The van der Waals surface area contributed by atoms with Gasteiger partial charge in [0.25, 0.3) is 0 Å². The van der Waals surface area contributed by atoms with Gasteiger partial charge in [0.15, 0.2) is 0 Å². The summed E-state index contributed by atoms with van der Waals surface area (Å²) in [5.74, 6) is -0.817. The molecule has 0 aromatic carbocycles. The van der Waals surface area contributed by atoms with E-state index in [4.69, 9.17) is 4.74 Å². The quantitative estimate of drug-likeness (QED) is 0.799. The van der Waals surface area contributed by atoms with Crippen molar-refractivity contribution < 1.29 is 24.6 Å². The van der Waals surface area contributed by atoms with Gasteiger partial charge in [-0.1, -0.05) is 0 Å². The molecule has 0 atom stereocenters. The van der Waals surface area contributed by atoms with Gasteiger partial charge in [-0.2, -0.15) is 0 Å².